The van der Waals surface area contributed by atoms with Crippen molar-refractivity contribution in [3.63, 3.8) is 0 Å². The van der Waals surface area contributed by atoms with Crippen LogP contribution in [0.5, 0.6) is 0 Å². The Labute approximate surface area is 386 Å². The number of carbonyl (C=O) groups is 1. The highest BCUT2D eigenvalue weighted by molar-refractivity contribution is 7.47. The second-order valence-corrected chi connectivity index (χ2v) is 18.0. The predicted molar refractivity (Wildman–Crippen MR) is 258 cm³/mol. The van der Waals surface area contributed by atoms with Crippen LogP contribution >= 0.6 is 7.82 Å². The Kier molecular flexibility index (Phi) is 37.9. The number of aliphatic hydroxyl groups excluding tert-OH is 5. The molecular weight excluding hydrogens is 836 g/mol. The molecule has 6 unspecified atom stereocenters. The third kappa shape index (κ3) is 32.2. The number of unbranched alkanes of at least 4 members (excludes halogenated alkanes) is 14. The summed E-state index contributed by atoms with van der Waals surface area (Å²) in [6.45, 7) is 4.05. The lowest BCUT2D eigenvalue weighted by molar-refractivity contribution is -0.220. The molecule has 13 heteroatoms. The molecule has 0 aromatic heterocycles. The number of rotatable bonds is 40. The molecule has 0 amide bonds. The van der Waals surface area contributed by atoms with Gasteiger partial charge in [-0.05, 0) is 83.5 Å². The molecule has 0 bridgehead atoms. The molecular formula is C51H87O12P. The predicted octanol–water partition coefficient (Wildman–Crippen LogP) is 10.5. The van der Waals surface area contributed by atoms with E-state index in [-0.39, 0.29) is 13.0 Å². The number of phosphoric acid groups is 1. The van der Waals surface area contributed by atoms with E-state index in [0.717, 1.165) is 70.6 Å². The van der Waals surface area contributed by atoms with Crippen LogP contribution in [0.1, 0.15) is 168 Å². The lowest BCUT2D eigenvalue weighted by Crippen LogP contribution is -2.64. The molecule has 0 heterocycles. The molecule has 0 aromatic rings. The average molecular weight is 923 g/mol. The molecule has 1 rings (SSSR count). The van der Waals surface area contributed by atoms with Gasteiger partial charge in [0.2, 0.25) is 0 Å². The standard InChI is InChI=1S/C51H87O12P/c1-3-5-7-9-11-13-15-17-19-21-22-23-25-27-29-31-33-35-37-39-41-60-42-44(43-61-64(58,59)63-51-49(56)47(54)46(53)48(55)50(51)57)62-45(52)40-38-36-34-32-30-28-26-24-20-18-16-14-12-10-8-6-4-2/h6,8,11-14,17-20,26,28,32,34,44,46-51,53-57H,3-5,7,9-10,15-16,21-25,27,29-31,33,35-43H2,1-2H3,(H,58,59)/b8-6-,13-11-,14-12-,19-17-,20-18-,28-26-,34-32-. The van der Waals surface area contributed by atoms with Crippen LogP contribution in [-0.2, 0) is 27.9 Å². The topological polar surface area (TPSA) is 192 Å². The molecule has 1 aliphatic carbocycles. The summed E-state index contributed by atoms with van der Waals surface area (Å²) in [5.74, 6) is -0.537. The Morgan fingerprint density at radius 3 is 1.41 bits per heavy atom. The van der Waals surface area contributed by atoms with Gasteiger partial charge in [-0.1, -0.05) is 163 Å². The normalized spacial score (nSPS) is 22.4. The number of hydrogen-bond acceptors (Lipinski definition) is 11. The summed E-state index contributed by atoms with van der Waals surface area (Å²) >= 11 is 0. The fraction of sp³-hybridized carbons (Fsp3) is 0.706. The number of aliphatic hydroxyl groups is 5. The van der Waals surface area contributed by atoms with Crippen molar-refractivity contribution in [2.75, 3.05) is 19.8 Å². The quantitative estimate of drug-likeness (QED) is 0.0148. The largest absolute Gasteiger partial charge is 0.472 e. The molecule has 1 saturated carbocycles. The second kappa shape index (κ2) is 40.8. The number of allylic oxidation sites excluding steroid dienone is 14. The summed E-state index contributed by atoms with van der Waals surface area (Å²) < 4.78 is 34.2. The first kappa shape index (κ1) is 59.5. The molecule has 0 radical (unpaired) electrons. The lowest BCUT2D eigenvalue weighted by Gasteiger charge is -2.41. The van der Waals surface area contributed by atoms with E-state index in [1.165, 1.54) is 64.2 Å². The summed E-state index contributed by atoms with van der Waals surface area (Å²) in [5, 5.41) is 50.2. The number of ether oxygens (including phenoxy) is 2. The zero-order valence-corrected chi connectivity index (χ0v) is 40.2. The van der Waals surface area contributed by atoms with Gasteiger partial charge < -0.3 is 39.9 Å². The zero-order chi connectivity index (χ0) is 46.9. The fourth-order valence-electron chi connectivity index (χ4n) is 6.89. The number of phosphoric ester groups is 1. The van der Waals surface area contributed by atoms with Gasteiger partial charge in [0.1, 0.15) is 42.7 Å². The molecule has 368 valence electrons. The Balaban J connectivity index is 2.41. The maximum Gasteiger partial charge on any atom is 0.472 e. The van der Waals surface area contributed by atoms with Crippen molar-refractivity contribution in [1.29, 1.82) is 0 Å². The van der Waals surface area contributed by atoms with E-state index in [1.54, 1.807) is 0 Å². The Bertz CT molecular complexity index is 1380. The molecule has 6 atom stereocenters. The summed E-state index contributed by atoms with van der Waals surface area (Å²) in [6.07, 6.45) is 42.3. The van der Waals surface area contributed by atoms with Crippen LogP contribution in [0.25, 0.3) is 0 Å². The molecule has 12 nitrogen and oxygen atoms in total. The number of carbonyl (C=O) groups excluding carboxylic acids is 1. The first-order valence-electron chi connectivity index (χ1n) is 24.4. The van der Waals surface area contributed by atoms with Crippen LogP contribution in [0.3, 0.4) is 0 Å². The van der Waals surface area contributed by atoms with Crippen molar-refractivity contribution in [2.45, 2.75) is 211 Å². The Hall–Kier alpha value is -2.48. The minimum Gasteiger partial charge on any atom is -0.457 e. The van der Waals surface area contributed by atoms with Crippen LogP contribution < -0.4 is 0 Å². The van der Waals surface area contributed by atoms with Crippen molar-refractivity contribution < 1.29 is 58.3 Å². The van der Waals surface area contributed by atoms with E-state index >= 15 is 0 Å². The van der Waals surface area contributed by atoms with E-state index in [1.807, 2.05) is 12.2 Å². The van der Waals surface area contributed by atoms with Crippen LogP contribution in [0.4, 0.5) is 0 Å². The molecule has 0 aromatic carbocycles. The van der Waals surface area contributed by atoms with Crippen LogP contribution in [0.2, 0.25) is 0 Å². The van der Waals surface area contributed by atoms with Crippen LogP contribution in [0.15, 0.2) is 85.1 Å². The zero-order valence-electron chi connectivity index (χ0n) is 39.3. The maximum absolute atomic E-state index is 12.8. The van der Waals surface area contributed by atoms with Crippen molar-refractivity contribution in [1.82, 2.24) is 0 Å². The van der Waals surface area contributed by atoms with Gasteiger partial charge in [0, 0.05) is 13.0 Å². The molecule has 6 N–H and O–H groups in total. The van der Waals surface area contributed by atoms with Gasteiger partial charge in [-0.2, -0.15) is 0 Å². The highest BCUT2D eigenvalue weighted by atomic mass is 31.2. The van der Waals surface area contributed by atoms with Gasteiger partial charge in [-0.3, -0.25) is 13.8 Å². The SMILES string of the molecule is CC/C=C\C/C=C\C/C=C\C/C=C\C/C=C\CCCC(=O)OC(COCCCCCCCCCCCC/C=C\C/C=C\CCCCC)COP(=O)(O)OC1C(O)C(O)C(O)C(O)C1O. The third-order valence-corrected chi connectivity index (χ3v) is 11.7. The summed E-state index contributed by atoms with van der Waals surface area (Å²) in [5.41, 5.74) is 0. The lowest BCUT2D eigenvalue weighted by atomic mass is 9.85. The van der Waals surface area contributed by atoms with Crippen molar-refractivity contribution in [3.05, 3.63) is 85.1 Å². The van der Waals surface area contributed by atoms with Crippen molar-refractivity contribution in [3.8, 4) is 0 Å². The van der Waals surface area contributed by atoms with E-state index in [0.29, 0.717) is 19.4 Å². The molecule has 0 saturated heterocycles. The number of esters is 1. The average Bonchev–Trinajstić information content (AvgIpc) is 3.28. The van der Waals surface area contributed by atoms with E-state index in [9.17, 15) is 39.8 Å². The fourth-order valence-corrected chi connectivity index (χ4v) is 7.86. The van der Waals surface area contributed by atoms with Crippen molar-refractivity contribution >= 4 is 13.8 Å². The highest BCUT2D eigenvalue weighted by Gasteiger charge is 2.51. The monoisotopic (exact) mass is 923 g/mol. The van der Waals surface area contributed by atoms with E-state index in [2.05, 4.69) is 86.8 Å². The Morgan fingerprint density at radius 2 is 0.922 bits per heavy atom. The molecule has 0 aliphatic heterocycles. The van der Waals surface area contributed by atoms with Crippen LogP contribution in [-0.4, -0.2) is 98.9 Å². The van der Waals surface area contributed by atoms with Gasteiger partial charge in [0.15, 0.2) is 0 Å². The summed E-state index contributed by atoms with van der Waals surface area (Å²) in [7, 11) is -5.04. The second-order valence-electron chi connectivity index (χ2n) is 16.6. The third-order valence-electron chi connectivity index (χ3n) is 10.8. The summed E-state index contributed by atoms with van der Waals surface area (Å²) in [6, 6.07) is 0. The smallest absolute Gasteiger partial charge is 0.457 e. The first-order valence-corrected chi connectivity index (χ1v) is 25.9. The molecule has 0 spiro atoms. The molecule has 1 aliphatic rings. The molecule has 1 fully saturated rings. The van der Waals surface area contributed by atoms with Crippen LogP contribution in [0, 0.1) is 0 Å². The first-order chi connectivity index (χ1) is 31.0. The van der Waals surface area contributed by atoms with Gasteiger partial charge in [0.25, 0.3) is 0 Å². The van der Waals surface area contributed by atoms with Gasteiger partial charge in [0.05, 0.1) is 13.2 Å². The molecule has 64 heavy (non-hydrogen) atoms. The van der Waals surface area contributed by atoms with Crippen molar-refractivity contribution in [2.24, 2.45) is 0 Å². The highest BCUT2D eigenvalue weighted by Crippen LogP contribution is 2.47. The Morgan fingerprint density at radius 1 is 0.516 bits per heavy atom. The maximum atomic E-state index is 12.8. The minimum atomic E-state index is -5.04. The number of hydrogen-bond donors (Lipinski definition) is 6. The minimum absolute atomic E-state index is 0.103. The summed E-state index contributed by atoms with van der Waals surface area (Å²) in [4.78, 5) is 23.2. The van der Waals surface area contributed by atoms with Gasteiger partial charge in [-0.15, -0.1) is 0 Å². The van der Waals surface area contributed by atoms with Gasteiger partial charge in [-0.25, -0.2) is 4.57 Å². The van der Waals surface area contributed by atoms with Gasteiger partial charge >= 0.3 is 13.8 Å². The van der Waals surface area contributed by atoms with E-state index in [4.69, 9.17) is 18.5 Å². The van der Waals surface area contributed by atoms with E-state index < -0.39 is 63.1 Å².